The van der Waals surface area contributed by atoms with Gasteiger partial charge in [0.1, 0.15) is 6.07 Å². The summed E-state index contributed by atoms with van der Waals surface area (Å²) in [5, 5.41) is 17.2. The lowest BCUT2D eigenvalue weighted by atomic mass is 10.2. The van der Waals surface area contributed by atoms with Crippen molar-refractivity contribution < 1.29 is 18.3 Å². The largest absolute Gasteiger partial charge is 0.481 e. The van der Waals surface area contributed by atoms with Crippen molar-refractivity contribution in [2.24, 2.45) is 0 Å². The lowest BCUT2D eigenvalue weighted by Gasteiger charge is -2.06. The minimum Gasteiger partial charge on any atom is -0.481 e. The SMILES string of the molecule is N#Cc1ccccc1S(=O)(=O)NCCC(=O)O. The van der Waals surface area contributed by atoms with Gasteiger partial charge in [-0.1, -0.05) is 12.1 Å². The van der Waals surface area contributed by atoms with Crippen LogP contribution >= 0.6 is 0 Å². The normalized spacial score (nSPS) is 10.8. The summed E-state index contributed by atoms with van der Waals surface area (Å²) in [5.41, 5.74) is 0.0234. The van der Waals surface area contributed by atoms with Crippen LogP contribution in [0, 0.1) is 11.3 Å². The number of hydrogen-bond acceptors (Lipinski definition) is 4. The summed E-state index contributed by atoms with van der Waals surface area (Å²) in [6, 6.07) is 7.48. The zero-order valence-corrected chi connectivity index (χ0v) is 9.57. The van der Waals surface area contributed by atoms with E-state index in [-0.39, 0.29) is 23.4 Å². The molecule has 0 radical (unpaired) electrons. The molecular formula is C10H10N2O4S. The first-order valence-electron chi connectivity index (χ1n) is 4.68. The van der Waals surface area contributed by atoms with E-state index in [2.05, 4.69) is 4.72 Å². The average molecular weight is 254 g/mol. The van der Waals surface area contributed by atoms with Gasteiger partial charge in [-0.15, -0.1) is 0 Å². The highest BCUT2D eigenvalue weighted by Gasteiger charge is 2.17. The summed E-state index contributed by atoms with van der Waals surface area (Å²) in [6.07, 6.45) is -0.312. The standard InChI is InChI=1S/C10H10N2O4S/c11-7-8-3-1-2-4-9(8)17(15,16)12-6-5-10(13)14/h1-4,12H,5-6H2,(H,13,14). The number of sulfonamides is 1. The number of carboxylic acids is 1. The monoisotopic (exact) mass is 254 g/mol. The molecule has 0 atom stereocenters. The van der Waals surface area contributed by atoms with Gasteiger partial charge in [0.15, 0.2) is 0 Å². The molecule has 7 heteroatoms. The maximum Gasteiger partial charge on any atom is 0.304 e. The molecule has 90 valence electrons. The molecule has 17 heavy (non-hydrogen) atoms. The molecule has 0 fully saturated rings. The van der Waals surface area contributed by atoms with Gasteiger partial charge in [0.2, 0.25) is 10.0 Å². The summed E-state index contributed by atoms with van der Waals surface area (Å²) in [4.78, 5) is 10.1. The van der Waals surface area contributed by atoms with E-state index in [9.17, 15) is 13.2 Å². The van der Waals surface area contributed by atoms with E-state index >= 15 is 0 Å². The minimum absolute atomic E-state index is 0.0234. The molecule has 0 heterocycles. The fourth-order valence-electron chi connectivity index (χ4n) is 1.16. The maximum absolute atomic E-state index is 11.7. The molecule has 0 aliphatic rings. The van der Waals surface area contributed by atoms with Gasteiger partial charge in [0.05, 0.1) is 16.9 Å². The van der Waals surface area contributed by atoms with Crippen LogP contribution in [0.1, 0.15) is 12.0 Å². The number of benzene rings is 1. The highest BCUT2D eigenvalue weighted by Crippen LogP contribution is 2.13. The lowest BCUT2D eigenvalue weighted by molar-refractivity contribution is -0.136. The average Bonchev–Trinajstić information content (AvgIpc) is 2.28. The summed E-state index contributed by atoms with van der Waals surface area (Å²) in [7, 11) is -3.83. The van der Waals surface area contributed by atoms with Crippen LogP contribution in [-0.2, 0) is 14.8 Å². The molecule has 0 bridgehead atoms. The molecule has 0 aliphatic heterocycles. The molecule has 0 aromatic heterocycles. The van der Waals surface area contributed by atoms with Gasteiger partial charge in [-0.25, -0.2) is 13.1 Å². The van der Waals surface area contributed by atoms with Gasteiger partial charge in [-0.05, 0) is 12.1 Å². The smallest absolute Gasteiger partial charge is 0.304 e. The molecule has 0 unspecified atom stereocenters. The molecule has 0 spiro atoms. The second-order valence-electron chi connectivity index (χ2n) is 3.15. The number of nitrogens with zero attached hydrogens (tertiary/aromatic N) is 1. The van der Waals surface area contributed by atoms with Crippen molar-refractivity contribution in [3.63, 3.8) is 0 Å². The third-order valence-corrected chi connectivity index (χ3v) is 3.45. The first kappa shape index (κ1) is 13.2. The van der Waals surface area contributed by atoms with E-state index in [4.69, 9.17) is 10.4 Å². The van der Waals surface area contributed by atoms with E-state index < -0.39 is 16.0 Å². The van der Waals surface area contributed by atoms with Crippen LogP contribution in [0.3, 0.4) is 0 Å². The Bertz CT molecular complexity index is 560. The van der Waals surface area contributed by atoms with Crippen molar-refractivity contribution in [2.75, 3.05) is 6.54 Å². The van der Waals surface area contributed by atoms with Gasteiger partial charge < -0.3 is 5.11 Å². The van der Waals surface area contributed by atoms with Crippen molar-refractivity contribution in [1.29, 1.82) is 5.26 Å². The molecule has 0 saturated carbocycles. The van der Waals surface area contributed by atoms with Crippen molar-refractivity contribution >= 4 is 16.0 Å². The minimum atomic E-state index is -3.83. The maximum atomic E-state index is 11.7. The van der Waals surface area contributed by atoms with E-state index in [1.54, 1.807) is 12.1 Å². The van der Waals surface area contributed by atoms with Crippen molar-refractivity contribution in [2.45, 2.75) is 11.3 Å². The Morgan fingerprint density at radius 3 is 2.65 bits per heavy atom. The van der Waals surface area contributed by atoms with Crippen molar-refractivity contribution in [3.8, 4) is 6.07 Å². The molecule has 6 nitrogen and oxygen atoms in total. The molecular weight excluding hydrogens is 244 g/mol. The Morgan fingerprint density at radius 2 is 2.06 bits per heavy atom. The van der Waals surface area contributed by atoms with Crippen LogP contribution in [0.15, 0.2) is 29.2 Å². The van der Waals surface area contributed by atoms with Gasteiger partial charge in [-0.3, -0.25) is 4.79 Å². The first-order chi connectivity index (χ1) is 7.97. The van der Waals surface area contributed by atoms with Crippen LogP contribution < -0.4 is 4.72 Å². The zero-order valence-electron chi connectivity index (χ0n) is 8.75. The fraction of sp³-hybridized carbons (Fsp3) is 0.200. The number of nitriles is 1. The highest BCUT2D eigenvalue weighted by molar-refractivity contribution is 7.89. The van der Waals surface area contributed by atoms with Gasteiger partial charge >= 0.3 is 5.97 Å². The Hall–Kier alpha value is -1.91. The molecule has 2 N–H and O–H groups in total. The molecule has 0 aliphatic carbocycles. The Balaban J connectivity index is 2.91. The Labute approximate surface area is 98.6 Å². The molecule has 1 aromatic carbocycles. The third-order valence-electron chi connectivity index (χ3n) is 1.93. The first-order valence-corrected chi connectivity index (χ1v) is 6.16. The van der Waals surface area contributed by atoms with E-state index in [0.717, 1.165) is 0 Å². The molecule has 1 rings (SSSR count). The summed E-state index contributed by atoms with van der Waals surface area (Å²) in [5.74, 6) is -1.10. The molecule has 0 amide bonds. The summed E-state index contributed by atoms with van der Waals surface area (Å²) >= 11 is 0. The van der Waals surface area contributed by atoms with Gasteiger partial charge in [0, 0.05) is 6.54 Å². The van der Waals surface area contributed by atoms with Crippen LogP contribution in [0.2, 0.25) is 0 Å². The Kier molecular flexibility index (Phi) is 4.20. The predicted octanol–water partition coefficient (Wildman–Crippen LogP) is 0.311. The van der Waals surface area contributed by atoms with Gasteiger partial charge in [-0.2, -0.15) is 5.26 Å². The lowest BCUT2D eigenvalue weighted by Crippen LogP contribution is -2.26. The number of carbonyl (C=O) groups is 1. The topological polar surface area (TPSA) is 107 Å². The highest BCUT2D eigenvalue weighted by atomic mass is 32.2. The van der Waals surface area contributed by atoms with Gasteiger partial charge in [0.25, 0.3) is 0 Å². The third kappa shape index (κ3) is 3.55. The number of aliphatic carboxylic acids is 1. The predicted molar refractivity (Wildman–Crippen MR) is 58.6 cm³/mol. The summed E-state index contributed by atoms with van der Waals surface area (Å²) < 4.78 is 25.6. The fourth-order valence-corrected chi connectivity index (χ4v) is 2.35. The van der Waals surface area contributed by atoms with Crippen LogP contribution in [0.5, 0.6) is 0 Å². The van der Waals surface area contributed by atoms with Crippen molar-refractivity contribution in [1.82, 2.24) is 4.72 Å². The quantitative estimate of drug-likeness (QED) is 0.786. The second kappa shape index (κ2) is 5.43. The zero-order chi connectivity index (χ0) is 12.9. The Morgan fingerprint density at radius 1 is 1.41 bits per heavy atom. The van der Waals surface area contributed by atoms with E-state index in [1.807, 2.05) is 0 Å². The second-order valence-corrected chi connectivity index (χ2v) is 4.88. The van der Waals surface area contributed by atoms with Crippen LogP contribution in [0.4, 0.5) is 0 Å². The molecule has 1 aromatic rings. The van der Waals surface area contributed by atoms with E-state index in [1.165, 1.54) is 18.2 Å². The summed E-state index contributed by atoms with van der Waals surface area (Å²) in [6.45, 7) is -0.211. The van der Waals surface area contributed by atoms with Crippen LogP contribution in [0.25, 0.3) is 0 Å². The van der Waals surface area contributed by atoms with Crippen molar-refractivity contribution in [3.05, 3.63) is 29.8 Å². The van der Waals surface area contributed by atoms with E-state index in [0.29, 0.717) is 0 Å². The number of rotatable bonds is 5. The molecule has 0 saturated heterocycles. The number of carboxylic acid groups (broad SMARTS) is 1. The van der Waals surface area contributed by atoms with Crippen LogP contribution in [-0.4, -0.2) is 26.0 Å². The number of hydrogen-bond donors (Lipinski definition) is 2. The number of nitrogens with one attached hydrogen (secondary N) is 1.